The minimum absolute atomic E-state index is 0.0379. The summed E-state index contributed by atoms with van der Waals surface area (Å²) in [7, 11) is 3.35. The van der Waals surface area contributed by atoms with Crippen LogP contribution < -0.4 is 10.2 Å². The molecule has 3 aromatic rings. The molecule has 0 fully saturated rings. The summed E-state index contributed by atoms with van der Waals surface area (Å²) in [5, 5.41) is 23.4. The van der Waals surface area contributed by atoms with Crippen LogP contribution in [0.1, 0.15) is 27.2 Å². The van der Waals surface area contributed by atoms with Gasteiger partial charge in [0.25, 0.3) is 11.6 Å². The van der Waals surface area contributed by atoms with Crippen molar-refractivity contribution in [2.45, 2.75) is 13.8 Å². The zero-order valence-electron chi connectivity index (χ0n) is 19.2. The van der Waals surface area contributed by atoms with Gasteiger partial charge in [-0.3, -0.25) is 19.5 Å². The maximum absolute atomic E-state index is 12.7. The lowest BCUT2D eigenvalue weighted by Crippen LogP contribution is -2.24. The van der Waals surface area contributed by atoms with Gasteiger partial charge < -0.3 is 15.0 Å². The summed E-state index contributed by atoms with van der Waals surface area (Å²) in [6.07, 6.45) is 0. The number of nitrogens with zero attached hydrogens (tertiary/aromatic N) is 4. The van der Waals surface area contributed by atoms with Crippen LogP contribution in [-0.4, -0.2) is 42.1 Å². The number of nitrogens with one attached hydrogen (secondary N) is 1. The van der Waals surface area contributed by atoms with Crippen molar-refractivity contribution < 1.29 is 19.2 Å². The summed E-state index contributed by atoms with van der Waals surface area (Å²) >= 11 is 0. The number of hydrogen-bond acceptors (Lipinski definition) is 7. The SMILES string of the molecule is Cc1c(C#N)c(NC(=O)COC(=O)c2cc([N+](=O)[O-])ccc2N(C)C)n(-c2ccccc2)c1C. The highest BCUT2D eigenvalue weighted by atomic mass is 16.6. The van der Waals surface area contributed by atoms with Gasteiger partial charge in [0.2, 0.25) is 0 Å². The zero-order chi connectivity index (χ0) is 25.0. The highest BCUT2D eigenvalue weighted by Crippen LogP contribution is 2.30. The Morgan fingerprint density at radius 1 is 1.18 bits per heavy atom. The predicted molar refractivity (Wildman–Crippen MR) is 126 cm³/mol. The van der Waals surface area contributed by atoms with E-state index in [2.05, 4.69) is 11.4 Å². The number of carbonyl (C=O) groups excluding carboxylic acids is 2. The van der Waals surface area contributed by atoms with Crippen LogP contribution in [0, 0.1) is 35.3 Å². The number of nitro groups is 1. The number of para-hydroxylation sites is 1. The molecule has 1 heterocycles. The van der Waals surface area contributed by atoms with Gasteiger partial charge in [0, 0.05) is 37.6 Å². The van der Waals surface area contributed by atoms with Gasteiger partial charge in [-0.05, 0) is 37.6 Å². The average molecular weight is 461 g/mol. The van der Waals surface area contributed by atoms with Crippen molar-refractivity contribution in [2.24, 2.45) is 0 Å². The monoisotopic (exact) mass is 461 g/mol. The Hall–Kier alpha value is -4.65. The second kappa shape index (κ2) is 9.87. The summed E-state index contributed by atoms with van der Waals surface area (Å²) in [4.78, 5) is 37.5. The van der Waals surface area contributed by atoms with Crippen molar-refractivity contribution in [1.82, 2.24) is 4.57 Å². The number of rotatable bonds is 7. The van der Waals surface area contributed by atoms with E-state index >= 15 is 0 Å². The zero-order valence-corrected chi connectivity index (χ0v) is 19.2. The fourth-order valence-electron chi connectivity index (χ4n) is 3.53. The summed E-state index contributed by atoms with van der Waals surface area (Å²) in [6, 6.07) is 15.2. The lowest BCUT2D eigenvalue weighted by atomic mass is 10.1. The summed E-state index contributed by atoms with van der Waals surface area (Å²) in [6.45, 7) is 2.98. The predicted octanol–water partition coefficient (Wildman–Crippen LogP) is 3.74. The van der Waals surface area contributed by atoms with Crippen molar-refractivity contribution in [3.8, 4) is 11.8 Å². The number of non-ortho nitro benzene ring substituents is 1. The molecule has 1 N–H and O–H groups in total. The van der Waals surface area contributed by atoms with Crippen molar-refractivity contribution in [3.05, 3.63) is 81.0 Å². The first-order valence-corrected chi connectivity index (χ1v) is 10.3. The number of amides is 1. The lowest BCUT2D eigenvalue weighted by molar-refractivity contribution is -0.384. The molecule has 10 heteroatoms. The second-order valence-corrected chi connectivity index (χ2v) is 7.69. The molecule has 0 atom stereocenters. The average Bonchev–Trinajstić information content (AvgIpc) is 3.06. The van der Waals surface area contributed by atoms with E-state index in [-0.39, 0.29) is 17.1 Å². The molecule has 0 saturated carbocycles. The van der Waals surface area contributed by atoms with Gasteiger partial charge in [0.05, 0.1) is 21.7 Å². The molecule has 0 radical (unpaired) electrons. The normalized spacial score (nSPS) is 10.3. The van der Waals surface area contributed by atoms with Crippen LogP contribution in [0.5, 0.6) is 0 Å². The van der Waals surface area contributed by atoms with Crippen LogP contribution in [0.3, 0.4) is 0 Å². The largest absolute Gasteiger partial charge is 0.452 e. The molecule has 3 rings (SSSR count). The van der Waals surface area contributed by atoms with Crippen LogP contribution in [-0.2, 0) is 9.53 Å². The first kappa shape index (κ1) is 24.0. The highest BCUT2D eigenvalue weighted by Gasteiger charge is 2.23. The number of hydrogen-bond donors (Lipinski definition) is 1. The van der Waals surface area contributed by atoms with Gasteiger partial charge in [0.15, 0.2) is 6.61 Å². The molecule has 0 aliphatic rings. The Morgan fingerprint density at radius 3 is 2.44 bits per heavy atom. The Balaban J connectivity index is 1.84. The third-order valence-electron chi connectivity index (χ3n) is 5.32. The Bertz CT molecular complexity index is 1310. The molecule has 34 heavy (non-hydrogen) atoms. The van der Waals surface area contributed by atoms with Gasteiger partial charge >= 0.3 is 5.97 Å². The van der Waals surface area contributed by atoms with Crippen LogP contribution in [0.4, 0.5) is 17.2 Å². The smallest absolute Gasteiger partial charge is 0.341 e. The van der Waals surface area contributed by atoms with Gasteiger partial charge in [0.1, 0.15) is 11.9 Å². The van der Waals surface area contributed by atoms with E-state index in [1.165, 1.54) is 12.1 Å². The van der Waals surface area contributed by atoms with E-state index in [0.29, 0.717) is 16.8 Å². The van der Waals surface area contributed by atoms with Crippen LogP contribution >= 0.6 is 0 Å². The van der Waals surface area contributed by atoms with Crippen molar-refractivity contribution >= 4 is 29.1 Å². The van der Waals surface area contributed by atoms with Crippen molar-refractivity contribution in [3.63, 3.8) is 0 Å². The number of ether oxygens (including phenoxy) is 1. The minimum atomic E-state index is -0.881. The first-order valence-electron chi connectivity index (χ1n) is 10.3. The molecule has 174 valence electrons. The minimum Gasteiger partial charge on any atom is -0.452 e. The summed E-state index contributed by atoms with van der Waals surface area (Å²) in [5.74, 6) is -1.26. The lowest BCUT2D eigenvalue weighted by Gasteiger charge is -2.16. The number of aromatic nitrogens is 1. The second-order valence-electron chi connectivity index (χ2n) is 7.69. The number of benzene rings is 2. The molecule has 0 unspecified atom stereocenters. The molecule has 0 bridgehead atoms. The molecule has 0 spiro atoms. The third kappa shape index (κ3) is 4.73. The fraction of sp³-hybridized carbons (Fsp3) is 0.208. The van der Waals surface area contributed by atoms with E-state index in [4.69, 9.17) is 4.74 Å². The van der Waals surface area contributed by atoms with Crippen LogP contribution in [0.25, 0.3) is 5.69 Å². The number of anilines is 2. The van der Waals surface area contributed by atoms with Crippen LogP contribution in [0.15, 0.2) is 48.5 Å². The standard InChI is InChI=1S/C24H23N5O5/c1-15-16(2)28(17-8-6-5-7-9-17)23(20(15)13-25)26-22(30)14-34-24(31)19-12-18(29(32)33)10-11-21(19)27(3)4/h5-12H,14H2,1-4H3,(H,26,30). The van der Waals surface area contributed by atoms with Gasteiger partial charge in [-0.2, -0.15) is 5.26 Å². The molecule has 2 aromatic carbocycles. The van der Waals surface area contributed by atoms with Crippen LogP contribution in [0.2, 0.25) is 0 Å². The quantitative estimate of drug-likeness (QED) is 0.322. The number of nitriles is 1. The summed E-state index contributed by atoms with van der Waals surface area (Å²) < 4.78 is 6.90. The molecule has 1 amide bonds. The highest BCUT2D eigenvalue weighted by molar-refractivity contribution is 5.99. The number of esters is 1. The van der Waals surface area contributed by atoms with E-state index in [0.717, 1.165) is 17.4 Å². The number of carbonyl (C=O) groups is 2. The topological polar surface area (TPSA) is 130 Å². The van der Waals surface area contributed by atoms with Crippen molar-refractivity contribution in [1.29, 1.82) is 5.26 Å². The summed E-state index contributed by atoms with van der Waals surface area (Å²) in [5.41, 5.74) is 2.65. The van der Waals surface area contributed by atoms with Gasteiger partial charge in [-0.15, -0.1) is 0 Å². The van der Waals surface area contributed by atoms with Gasteiger partial charge in [-0.1, -0.05) is 18.2 Å². The first-order chi connectivity index (χ1) is 16.1. The molecule has 0 aliphatic heterocycles. The Labute approximate surface area is 196 Å². The molecule has 0 saturated heterocycles. The van der Waals surface area contributed by atoms with E-state index < -0.39 is 23.4 Å². The molecule has 0 aliphatic carbocycles. The van der Waals surface area contributed by atoms with Gasteiger partial charge in [-0.25, -0.2) is 4.79 Å². The van der Waals surface area contributed by atoms with E-state index in [9.17, 15) is 25.0 Å². The molecular weight excluding hydrogens is 438 g/mol. The number of nitro benzene ring substituents is 1. The molecular formula is C24H23N5O5. The Morgan fingerprint density at radius 2 is 1.85 bits per heavy atom. The maximum atomic E-state index is 12.7. The molecule has 1 aromatic heterocycles. The maximum Gasteiger partial charge on any atom is 0.341 e. The van der Waals surface area contributed by atoms with E-state index in [1.807, 2.05) is 37.3 Å². The fourth-order valence-corrected chi connectivity index (χ4v) is 3.53. The third-order valence-corrected chi connectivity index (χ3v) is 5.32. The Kier molecular flexibility index (Phi) is 6.97. The van der Waals surface area contributed by atoms with Crippen molar-refractivity contribution in [2.75, 3.05) is 30.9 Å². The van der Waals surface area contributed by atoms with E-state index in [1.54, 1.807) is 30.5 Å². The molecule has 10 nitrogen and oxygen atoms in total.